The van der Waals surface area contributed by atoms with Gasteiger partial charge in [0, 0.05) is 44.2 Å². The molecule has 2 fully saturated rings. The molecule has 1 aliphatic heterocycles. The van der Waals surface area contributed by atoms with E-state index in [2.05, 4.69) is 5.10 Å². The largest absolute Gasteiger partial charge is 0.436 e. The molecular formula is C21H22ClF5N4O. The van der Waals surface area contributed by atoms with Gasteiger partial charge >= 0.3 is 6.18 Å². The van der Waals surface area contributed by atoms with Crippen molar-refractivity contribution in [2.24, 2.45) is 0 Å². The Labute approximate surface area is 186 Å². The van der Waals surface area contributed by atoms with Crippen molar-refractivity contribution in [3.63, 3.8) is 0 Å². The summed E-state index contributed by atoms with van der Waals surface area (Å²) in [5, 5.41) is 3.24. The number of amides is 1. The van der Waals surface area contributed by atoms with Crippen molar-refractivity contribution in [3.05, 3.63) is 51.8 Å². The predicted molar refractivity (Wildman–Crippen MR) is 107 cm³/mol. The second-order valence-corrected chi connectivity index (χ2v) is 8.63. The fourth-order valence-corrected chi connectivity index (χ4v) is 4.42. The molecule has 1 aromatic carbocycles. The molecule has 11 heteroatoms. The van der Waals surface area contributed by atoms with Gasteiger partial charge in [0.25, 0.3) is 0 Å². The Morgan fingerprint density at radius 2 is 1.84 bits per heavy atom. The van der Waals surface area contributed by atoms with Crippen molar-refractivity contribution in [2.75, 3.05) is 26.2 Å². The van der Waals surface area contributed by atoms with Crippen molar-refractivity contribution in [3.8, 4) is 0 Å². The molecule has 1 unspecified atom stereocenters. The van der Waals surface area contributed by atoms with E-state index in [1.807, 2.05) is 4.90 Å². The first kappa shape index (κ1) is 23.0. The fraction of sp³-hybridized carbons (Fsp3) is 0.524. The number of carbonyl (C=O) groups is 1. The summed E-state index contributed by atoms with van der Waals surface area (Å²) in [4.78, 5) is 16.5. The first-order chi connectivity index (χ1) is 15.1. The number of carbonyl (C=O) groups excluding carboxylic acids is 1. The molecule has 0 radical (unpaired) electrons. The van der Waals surface area contributed by atoms with Crippen LogP contribution in [0.2, 0.25) is 5.02 Å². The minimum atomic E-state index is -4.70. The number of piperazine rings is 1. The van der Waals surface area contributed by atoms with E-state index in [0.717, 1.165) is 10.7 Å². The number of benzene rings is 1. The van der Waals surface area contributed by atoms with Crippen LogP contribution in [0.25, 0.3) is 0 Å². The van der Waals surface area contributed by atoms with E-state index < -0.39 is 34.6 Å². The van der Waals surface area contributed by atoms with E-state index in [9.17, 15) is 26.7 Å². The SMILES string of the molecule is CC(C(=O)N1CCN(Cc2cccc(F)c2F)CC1)n1nc(C(F)(F)F)c(Cl)c1C1CC1. The van der Waals surface area contributed by atoms with Gasteiger partial charge in [-0.25, -0.2) is 8.78 Å². The Hall–Kier alpha value is -2.20. The molecule has 2 aromatic rings. The van der Waals surface area contributed by atoms with Crippen LogP contribution in [-0.2, 0) is 17.5 Å². The number of aromatic nitrogens is 2. The van der Waals surface area contributed by atoms with E-state index in [0.29, 0.717) is 39.0 Å². The molecule has 1 aromatic heterocycles. The summed E-state index contributed by atoms with van der Waals surface area (Å²) >= 11 is 6.01. The van der Waals surface area contributed by atoms with Crippen LogP contribution in [0.5, 0.6) is 0 Å². The van der Waals surface area contributed by atoms with E-state index >= 15 is 0 Å². The van der Waals surface area contributed by atoms with E-state index in [-0.39, 0.29) is 29.6 Å². The average molecular weight is 477 g/mol. The van der Waals surface area contributed by atoms with Crippen LogP contribution >= 0.6 is 11.6 Å². The molecular weight excluding hydrogens is 455 g/mol. The smallest absolute Gasteiger partial charge is 0.338 e. The number of hydrogen-bond donors (Lipinski definition) is 0. The van der Waals surface area contributed by atoms with Crippen LogP contribution in [0.4, 0.5) is 22.0 Å². The molecule has 32 heavy (non-hydrogen) atoms. The minimum Gasteiger partial charge on any atom is -0.338 e. The van der Waals surface area contributed by atoms with Crippen molar-refractivity contribution in [1.29, 1.82) is 0 Å². The Bertz CT molecular complexity index is 1010. The zero-order chi connectivity index (χ0) is 23.2. The van der Waals surface area contributed by atoms with E-state index in [1.54, 1.807) is 4.90 Å². The van der Waals surface area contributed by atoms with Gasteiger partial charge in [0.1, 0.15) is 6.04 Å². The minimum absolute atomic E-state index is 0.126. The standard InChI is InChI=1S/C21H22ClF5N4O/c1-12(31-18(13-5-6-13)16(22)19(28-31)21(25,26)27)20(32)30-9-7-29(8-10-30)11-14-3-2-4-15(23)17(14)24/h2-4,12-13H,5-11H2,1H3. The maximum Gasteiger partial charge on any atom is 0.436 e. The van der Waals surface area contributed by atoms with Crippen LogP contribution in [0, 0.1) is 11.6 Å². The number of alkyl halides is 3. The molecule has 5 nitrogen and oxygen atoms in total. The topological polar surface area (TPSA) is 41.4 Å². The van der Waals surface area contributed by atoms with E-state index in [1.165, 1.54) is 19.1 Å². The Kier molecular flexibility index (Phi) is 6.19. The molecule has 2 heterocycles. The molecule has 1 saturated carbocycles. The van der Waals surface area contributed by atoms with Gasteiger partial charge in [-0.1, -0.05) is 23.7 Å². The van der Waals surface area contributed by atoms with E-state index in [4.69, 9.17) is 11.6 Å². The maximum atomic E-state index is 13.9. The quantitative estimate of drug-likeness (QED) is 0.591. The number of rotatable bonds is 5. The molecule has 2 aliphatic rings. The highest BCUT2D eigenvalue weighted by atomic mass is 35.5. The van der Waals surface area contributed by atoms with Gasteiger partial charge < -0.3 is 4.90 Å². The summed E-state index contributed by atoms with van der Waals surface area (Å²) in [5.74, 6) is -2.27. The third kappa shape index (κ3) is 4.47. The van der Waals surface area contributed by atoms with Gasteiger partial charge in [0.2, 0.25) is 5.91 Å². The van der Waals surface area contributed by atoms with Gasteiger partial charge in [-0.05, 0) is 25.8 Å². The Morgan fingerprint density at radius 3 is 2.44 bits per heavy atom. The molecule has 1 saturated heterocycles. The van der Waals surface area contributed by atoms with Gasteiger partial charge in [-0.3, -0.25) is 14.4 Å². The molecule has 1 atom stereocenters. The molecule has 1 amide bonds. The molecule has 0 bridgehead atoms. The molecule has 174 valence electrons. The third-order valence-electron chi connectivity index (χ3n) is 5.95. The Balaban J connectivity index is 1.44. The van der Waals surface area contributed by atoms with Gasteiger partial charge in [0.15, 0.2) is 17.3 Å². The molecule has 0 N–H and O–H groups in total. The highest BCUT2D eigenvalue weighted by molar-refractivity contribution is 6.32. The lowest BCUT2D eigenvalue weighted by Gasteiger charge is -2.36. The first-order valence-corrected chi connectivity index (χ1v) is 10.7. The lowest BCUT2D eigenvalue weighted by Crippen LogP contribution is -2.50. The summed E-state index contributed by atoms with van der Waals surface area (Å²) < 4.78 is 68.4. The highest BCUT2D eigenvalue weighted by Gasteiger charge is 2.43. The van der Waals surface area contributed by atoms with Crippen LogP contribution in [0.1, 0.15) is 48.7 Å². The zero-order valence-electron chi connectivity index (χ0n) is 17.3. The highest BCUT2D eigenvalue weighted by Crippen LogP contribution is 2.47. The second kappa shape index (κ2) is 8.62. The van der Waals surface area contributed by atoms with Gasteiger partial charge in [-0.15, -0.1) is 0 Å². The monoisotopic (exact) mass is 476 g/mol. The van der Waals surface area contributed by atoms with Crippen LogP contribution in [0.3, 0.4) is 0 Å². The van der Waals surface area contributed by atoms with Gasteiger partial charge in [-0.2, -0.15) is 18.3 Å². The zero-order valence-corrected chi connectivity index (χ0v) is 18.1. The predicted octanol–water partition coefficient (Wildman–Crippen LogP) is 4.62. The summed E-state index contributed by atoms with van der Waals surface area (Å²) in [6.07, 6.45) is -3.29. The molecule has 1 aliphatic carbocycles. The van der Waals surface area contributed by atoms with Crippen molar-refractivity contribution in [1.82, 2.24) is 19.6 Å². The average Bonchev–Trinajstić information content (AvgIpc) is 3.52. The second-order valence-electron chi connectivity index (χ2n) is 8.25. The maximum absolute atomic E-state index is 13.9. The van der Waals surface area contributed by atoms with Crippen molar-refractivity contribution < 1.29 is 26.7 Å². The van der Waals surface area contributed by atoms with Crippen LogP contribution in [0.15, 0.2) is 18.2 Å². The Morgan fingerprint density at radius 1 is 1.19 bits per heavy atom. The number of nitrogens with zero attached hydrogens (tertiary/aromatic N) is 4. The van der Waals surface area contributed by atoms with Crippen molar-refractivity contribution >= 4 is 17.5 Å². The first-order valence-electron chi connectivity index (χ1n) is 10.4. The summed E-state index contributed by atoms with van der Waals surface area (Å²) in [6, 6.07) is 3.07. The third-order valence-corrected chi connectivity index (χ3v) is 6.33. The normalized spacial score (nSPS) is 18.8. The van der Waals surface area contributed by atoms with Gasteiger partial charge in [0.05, 0.1) is 10.7 Å². The lowest BCUT2D eigenvalue weighted by molar-refractivity contribution is -0.142. The number of halogens is 6. The summed E-state index contributed by atoms with van der Waals surface area (Å²) in [7, 11) is 0. The number of hydrogen-bond acceptors (Lipinski definition) is 3. The van der Waals surface area contributed by atoms with Crippen LogP contribution in [-0.4, -0.2) is 51.7 Å². The summed E-state index contributed by atoms with van der Waals surface area (Å²) in [6.45, 7) is 3.22. The molecule has 4 rings (SSSR count). The fourth-order valence-electron chi connectivity index (χ4n) is 4.03. The molecule has 0 spiro atoms. The van der Waals surface area contributed by atoms with Crippen LogP contribution < -0.4 is 0 Å². The van der Waals surface area contributed by atoms with Crippen molar-refractivity contribution in [2.45, 2.75) is 44.4 Å². The lowest BCUT2D eigenvalue weighted by atomic mass is 10.1. The summed E-state index contributed by atoms with van der Waals surface area (Å²) in [5.41, 5.74) is -0.666.